The summed E-state index contributed by atoms with van der Waals surface area (Å²) in [7, 11) is 0. The Hall–Kier alpha value is -2.30. The van der Waals surface area contributed by atoms with E-state index in [9.17, 15) is 9.59 Å². The molecule has 0 spiro atoms. The summed E-state index contributed by atoms with van der Waals surface area (Å²) in [4.78, 5) is 22.1. The van der Waals surface area contributed by atoms with Gasteiger partial charge in [-0.1, -0.05) is 6.08 Å². The lowest BCUT2D eigenvalue weighted by molar-refractivity contribution is 0.0697. The number of rotatable bonds is 3. The first-order chi connectivity index (χ1) is 7.63. The van der Waals surface area contributed by atoms with E-state index in [1.807, 2.05) is 0 Å². The van der Waals surface area contributed by atoms with E-state index < -0.39 is 11.7 Å². The molecule has 5 nitrogen and oxygen atoms in total. The van der Waals surface area contributed by atoms with Crippen LogP contribution in [0.25, 0.3) is 11.1 Å². The van der Waals surface area contributed by atoms with Gasteiger partial charge in [-0.05, 0) is 18.2 Å². The van der Waals surface area contributed by atoms with Crippen molar-refractivity contribution in [2.24, 2.45) is 0 Å². The van der Waals surface area contributed by atoms with Crippen LogP contribution in [0.1, 0.15) is 10.4 Å². The Morgan fingerprint density at radius 3 is 2.94 bits per heavy atom. The van der Waals surface area contributed by atoms with Gasteiger partial charge < -0.3 is 9.52 Å². The minimum atomic E-state index is -1.05. The molecule has 5 heteroatoms. The molecule has 0 atom stereocenters. The van der Waals surface area contributed by atoms with Crippen LogP contribution in [-0.4, -0.2) is 15.6 Å². The highest BCUT2D eigenvalue weighted by molar-refractivity contribution is 5.91. The van der Waals surface area contributed by atoms with Crippen LogP contribution >= 0.6 is 0 Å². The predicted molar refractivity (Wildman–Crippen MR) is 57.6 cm³/mol. The van der Waals surface area contributed by atoms with Crippen LogP contribution < -0.4 is 5.76 Å². The molecular weight excluding hydrogens is 210 g/mol. The molecule has 1 heterocycles. The molecule has 0 aliphatic rings. The zero-order valence-electron chi connectivity index (χ0n) is 8.34. The fraction of sp³-hybridized carbons (Fsp3) is 0.0909. The molecule has 0 bridgehead atoms. The van der Waals surface area contributed by atoms with E-state index >= 15 is 0 Å². The van der Waals surface area contributed by atoms with Gasteiger partial charge in [-0.25, -0.2) is 9.59 Å². The van der Waals surface area contributed by atoms with Crippen molar-refractivity contribution in [2.45, 2.75) is 6.54 Å². The van der Waals surface area contributed by atoms with E-state index in [0.717, 1.165) is 0 Å². The van der Waals surface area contributed by atoms with E-state index in [-0.39, 0.29) is 11.1 Å². The average molecular weight is 219 g/mol. The maximum absolute atomic E-state index is 11.4. The third kappa shape index (κ3) is 1.52. The van der Waals surface area contributed by atoms with Gasteiger partial charge in [0.05, 0.1) is 11.1 Å². The van der Waals surface area contributed by atoms with E-state index in [4.69, 9.17) is 9.52 Å². The molecule has 0 fully saturated rings. The van der Waals surface area contributed by atoms with Crippen molar-refractivity contribution in [3.8, 4) is 0 Å². The Balaban J connectivity index is 2.69. The Labute approximate surface area is 90.2 Å². The Kier molecular flexibility index (Phi) is 2.36. The molecule has 0 unspecified atom stereocenters. The number of nitrogens with zero attached hydrogens (tertiary/aromatic N) is 1. The average Bonchev–Trinajstić information content (AvgIpc) is 2.55. The van der Waals surface area contributed by atoms with E-state index in [1.54, 1.807) is 12.1 Å². The van der Waals surface area contributed by atoms with Crippen molar-refractivity contribution in [2.75, 3.05) is 0 Å². The molecule has 0 saturated heterocycles. The summed E-state index contributed by atoms with van der Waals surface area (Å²) in [5.41, 5.74) is 0.925. The molecule has 1 aromatic heterocycles. The van der Waals surface area contributed by atoms with Gasteiger partial charge in [0.25, 0.3) is 0 Å². The number of allylic oxidation sites excluding steroid dienone is 1. The van der Waals surface area contributed by atoms with Gasteiger partial charge in [0, 0.05) is 6.54 Å². The summed E-state index contributed by atoms with van der Waals surface area (Å²) in [6.45, 7) is 3.87. The van der Waals surface area contributed by atoms with Crippen molar-refractivity contribution in [1.29, 1.82) is 0 Å². The molecule has 0 saturated carbocycles. The molecule has 16 heavy (non-hydrogen) atoms. The Morgan fingerprint density at radius 2 is 2.31 bits per heavy atom. The molecule has 0 radical (unpaired) electrons. The van der Waals surface area contributed by atoms with Gasteiger partial charge >= 0.3 is 11.7 Å². The van der Waals surface area contributed by atoms with Crippen molar-refractivity contribution in [3.05, 3.63) is 47.0 Å². The molecule has 0 amide bonds. The van der Waals surface area contributed by atoms with Crippen LogP contribution in [0.4, 0.5) is 0 Å². The highest BCUT2D eigenvalue weighted by Gasteiger charge is 2.10. The zero-order valence-corrected chi connectivity index (χ0v) is 8.34. The first-order valence-electron chi connectivity index (χ1n) is 4.61. The Bertz CT molecular complexity index is 620. The molecule has 0 aliphatic heterocycles. The number of carbonyl (C=O) groups is 1. The molecular formula is C11H9NO4. The van der Waals surface area contributed by atoms with Gasteiger partial charge in [-0.15, -0.1) is 6.58 Å². The third-order valence-electron chi connectivity index (χ3n) is 2.23. The van der Waals surface area contributed by atoms with Crippen molar-refractivity contribution < 1.29 is 14.3 Å². The van der Waals surface area contributed by atoms with E-state index in [2.05, 4.69) is 6.58 Å². The monoisotopic (exact) mass is 219 g/mol. The summed E-state index contributed by atoms with van der Waals surface area (Å²) in [5, 5.41) is 8.78. The minimum Gasteiger partial charge on any atom is -0.478 e. The number of hydrogen-bond donors (Lipinski definition) is 1. The van der Waals surface area contributed by atoms with Crippen molar-refractivity contribution in [3.63, 3.8) is 0 Å². The van der Waals surface area contributed by atoms with Gasteiger partial charge in [0.2, 0.25) is 0 Å². The third-order valence-corrected chi connectivity index (χ3v) is 2.23. The second-order valence-electron chi connectivity index (χ2n) is 3.25. The van der Waals surface area contributed by atoms with Crippen LogP contribution in [0.3, 0.4) is 0 Å². The summed E-state index contributed by atoms with van der Waals surface area (Å²) in [5.74, 6) is -1.57. The number of hydrogen-bond acceptors (Lipinski definition) is 3. The van der Waals surface area contributed by atoms with E-state index in [0.29, 0.717) is 12.1 Å². The number of oxazole rings is 1. The fourth-order valence-electron chi connectivity index (χ4n) is 1.50. The lowest BCUT2D eigenvalue weighted by Crippen LogP contribution is -2.12. The predicted octanol–water partition coefficient (Wildman–Crippen LogP) is 1.48. The topological polar surface area (TPSA) is 72.4 Å². The number of aromatic nitrogens is 1. The van der Waals surface area contributed by atoms with Crippen LogP contribution in [0.5, 0.6) is 0 Å². The van der Waals surface area contributed by atoms with Crippen LogP contribution in [-0.2, 0) is 6.54 Å². The lowest BCUT2D eigenvalue weighted by atomic mass is 10.2. The maximum atomic E-state index is 11.4. The summed E-state index contributed by atoms with van der Waals surface area (Å²) in [6.07, 6.45) is 1.57. The second kappa shape index (κ2) is 3.69. The lowest BCUT2D eigenvalue weighted by Gasteiger charge is -1.97. The first-order valence-corrected chi connectivity index (χ1v) is 4.61. The highest BCUT2D eigenvalue weighted by atomic mass is 16.4. The standard InChI is InChI=1S/C11H9NO4/c1-2-5-12-8-4-3-7(10(13)14)6-9(8)16-11(12)15/h2-4,6H,1,5H2,(H,13,14). The smallest absolute Gasteiger partial charge is 0.420 e. The second-order valence-corrected chi connectivity index (χ2v) is 3.25. The van der Waals surface area contributed by atoms with Crippen molar-refractivity contribution in [1.82, 2.24) is 4.57 Å². The molecule has 0 aliphatic carbocycles. The highest BCUT2D eigenvalue weighted by Crippen LogP contribution is 2.15. The molecule has 2 rings (SSSR count). The molecule has 1 aromatic carbocycles. The number of aromatic carboxylic acids is 1. The number of carboxylic acid groups (broad SMARTS) is 1. The minimum absolute atomic E-state index is 0.0898. The molecule has 2 aromatic rings. The number of carboxylic acids is 1. The van der Waals surface area contributed by atoms with Gasteiger partial charge in [-0.3, -0.25) is 4.57 Å². The summed E-state index contributed by atoms with van der Waals surface area (Å²) in [6, 6.07) is 4.31. The van der Waals surface area contributed by atoms with Crippen LogP contribution in [0, 0.1) is 0 Å². The summed E-state index contributed by atoms with van der Waals surface area (Å²) >= 11 is 0. The SMILES string of the molecule is C=CCn1c(=O)oc2cc(C(=O)O)ccc21. The van der Waals surface area contributed by atoms with Gasteiger partial charge in [0.1, 0.15) is 0 Å². The normalized spacial score (nSPS) is 10.5. The van der Waals surface area contributed by atoms with Gasteiger partial charge in [-0.2, -0.15) is 0 Å². The Morgan fingerprint density at radius 1 is 1.56 bits per heavy atom. The van der Waals surface area contributed by atoms with Crippen molar-refractivity contribution >= 4 is 17.1 Å². The van der Waals surface area contributed by atoms with E-state index in [1.165, 1.54) is 16.7 Å². The number of benzene rings is 1. The first kappa shape index (κ1) is 10.2. The zero-order chi connectivity index (χ0) is 11.7. The largest absolute Gasteiger partial charge is 0.478 e. The molecule has 82 valence electrons. The summed E-state index contributed by atoms with van der Waals surface area (Å²) < 4.78 is 6.32. The van der Waals surface area contributed by atoms with Crippen LogP contribution in [0.15, 0.2) is 40.1 Å². The van der Waals surface area contributed by atoms with Crippen LogP contribution in [0.2, 0.25) is 0 Å². The van der Waals surface area contributed by atoms with Gasteiger partial charge in [0.15, 0.2) is 5.58 Å². The fourth-order valence-corrected chi connectivity index (χ4v) is 1.50. The number of fused-ring (bicyclic) bond motifs is 1. The molecule has 1 N–H and O–H groups in total. The quantitative estimate of drug-likeness (QED) is 0.793. The maximum Gasteiger partial charge on any atom is 0.420 e.